The largest absolute Gasteiger partial charge is 0.325 e. The molecule has 1 aromatic rings. The molecule has 0 atom stereocenters. The maximum atomic E-state index is 12.1. The number of carbonyl (C=O) groups excluding carboxylic acids is 1. The molecule has 0 unspecified atom stereocenters. The molecular formula is C12H18ClN3O. The summed E-state index contributed by atoms with van der Waals surface area (Å²) < 4.78 is 0. The molecule has 0 radical (unpaired) electrons. The maximum absolute atomic E-state index is 12.1. The smallest absolute Gasteiger partial charge is 0.233 e. The van der Waals surface area contributed by atoms with Crippen molar-refractivity contribution in [2.24, 2.45) is 11.1 Å². The average Bonchev–Trinajstić information content (AvgIpc) is 2.15. The van der Waals surface area contributed by atoms with Gasteiger partial charge in [0.25, 0.3) is 0 Å². The molecule has 3 N–H and O–H groups in total. The van der Waals surface area contributed by atoms with Crippen molar-refractivity contribution in [3.63, 3.8) is 0 Å². The summed E-state index contributed by atoms with van der Waals surface area (Å²) in [5, 5.41) is 3.24. The maximum Gasteiger partial charge on any atom is 0.233 e. The van der Waals surface area contributed by atoms with Crippen molar-refractivity contribution >= 4 is 23.3 Å². The van der Waals surface area contributed by atoms with E-state index < -0.39 is 11.0 Å². The molecule has 1 aromatic heterocycles. The van der Waals surface area contributed by atoms with Crippen molar-refractivity contribution in [1.29, 1.82) is 0 Å². The van der Waals surface area contributed by atoms with Gasteiger partial charge in [0, 0.05) is 16.8 Å². The Labute approximate surface area is 107 Å². The first-order valence-electron chi connectivity index (χ1n) is 5.36. The van der Waals surface area contributed by atoms with E-state index in [9.17, 15) is 4.79 Å². The van der Waals surface area contributed by atoms with E-state index in [1.807, 2.05) is 13.8 Å². The standard InChI is InChI=1S/C12H18ClN3O/c1-11(2,12(3,4)14)10(17)16-9-7-8(13)5-6-15-9/h5-7H,14H2,1-4H3,(H,15,16,17). The minimum Gasteiger partial charge on any atom is -0.325 e. The molecule has 1 heterocycles. The SMILES string of the molecule is CC(C)(N)C(C)(C)C(=O)Nc1cc(Cl)ccn1. The summed E-state index contributed by atoms with van der Waals surface area (Å²) >= 11 is 5.82. The summed E-state index contributed by atoms with van der Waals surface area (Å²) in [6.45, 7) is 7.23. The van der Waals surface area contributed by atoms with Crippen LogP contribution in [0.4, 0.5) is 5.82 Å². The summed E-state index contributed by atoms with van der Waals surface area (Å²) in [4.78, 5) is 16.1. The topological polar surface area (TPSA) is 68.0 Å². The fraction of sp³-hybridized carbons (Fsp3) is 0.500. The summed E-state index contributed by atoms with van der Waals surface area (Å²) in [7, 11) is 0. The van der Waals surface area contributed by atoms with Gasteiger partial charge in [-0.1, -0.05) is 11.6 Å². The number of aromatic nitrogens is 1. The molecule has 4 nitrogen and oxygen atoms in total. The molecule has 1 rings (SSSR count). The summed E-state index contributed by atoms with van der Waals surface area (Å²) in [6, 6.07) is 3.24. The molecule has 17 heavy (non-hydrogen) atoms. The van der Waals surface area contributed by atoms with Crippen LogP contribution in [0, 0.1) is 5.41 Å². The van der Waals surface area contributed by atoms with E-state index in [-0.39, 0.29) is 5.91 Å². The average molecular weight is 256 g/mol. The van der Waals surface area contributed by atoms with Gasteiger partial charge in [0.1, 0.15) is 5.82 Å². The number of nitrogens with zero attached hydrogens (tertiary/aromatic N) is 1. The van der Waals surface area contributed by atoms with Gasteiger partial charge in [-0.25, -0.2) is 4.98 Å². The Kier molecular flexibility index (Phi) is 3.79. The monoisotopic (exact) mass is 255 g/mol. The normalized spacial score (nSPS) is 12.4. The van der Waals surface area contributed by atoms with E-state index in [4.69, 9.17) is 17.3 Å². The molecule has 0 aliphatic carbocycles. The van der Waals surface area contributed by atoms with Crippen molar-refractivity contribution in [3.8, 4) is 0 Å². The number of pyridine rings is 1. The molecule has 1 amide bonds. The van der Waals surface area contributed by atoms with Crippen molar-refractivity contribution in [2.75, 3.05) is 5.32 Å². The number of carbonyl (C=O) groups is 1. The van der Waals surface area contributed by atoms with Gasteiger partial charge in [0.2, 0.25) is 5.91 Å². The van der Waals surface area contributed by atoms with Crippen LogP contribution in [0.15, 0.2) is 18.3 Å². The first-order chi connectivity index (χ1) is 7.64. The van der Waals surface area contributed by atoms with Gasteiger partial charge in [-0.2, -0.15) is 0 Å². The van der Waals surface area contributed by atoms with Crippen LogP contribution in [0.1, 0.15) is 27.7 Å². The van der Waals surface area contributed by atoms with E-state index in [2.05, 4.69) is 10.3 Å². The fourth-order valence-corrected chi connectivity index (χ4v) is 1.20. The summed E-state index contributed by atoms with van der Waals surface area (Å²) in [6.07, 6.45) is 1.54. The predicted molar refractivity (Wildman–Crippen MR) is 69.9 cm³/mol. The molecule has 0 fully saturated rings. The molecule has 0 aliphatic heterocycles. The Morgan fingerprint density at radius 3 is 2.47 bits per heavy atom. The minimum absolute atomic E-state index is 0.181. The van der Waals surface area contributed by atoms with Gasteiger partial charge >= 0.3 is 0 Å². The highest BCUT2D eigenvalue weighted by molar-refractivity contribution is 6.30. The number of hydrogen-bond donors (Lipinski definition) is 2. The van der Waals surface area contributed by atoms with E-state index >= 15 is 0 Å². The van der Waals surface area contributed by atoms with Gasteiger partial charge < -0.3 is 11.1 Å². The van der Waals surface area contributed by atoms with E-state index in [0.29, 0.717) is 10.8 Å². The number of hydrogen-bond acceptors (Lipinski definition) is 3. The van der Waals surface area contributed by atoms with Crippen molar-refractivity contribution in [2.45, 2.75) is 33.2 Å². The lowest BCUT2D eigenvalue weighted by molar-refractivity contribution is -0.126. The number of amides is 1. The van der Waals surface area contributed by atoms with Crippen LogP contribution >= 0.6 is 11.6 Å². The lowest BCUT2D eigenvalue weighted by Gasteiger charge is -2.36. The first-order valence-corrected chi connectivity index (χ1v) is 5.74. The highest BCUT2D eigenvalue weighted by Gasteiger charge is 2.40. The first kappa shape index (κ1) is 13.9. The second-order valence-electron chi connectivity index (χ2n) is 5.16. The number of rotatable bonds is 3. The second-order valence-corrected chi connectivity index (χ2v) is 5.60. The van der Waals surface area contributed by atoms with Crippen LogP contribution < -0.4 is 11.1 Å². The third-order valence-electron chi connectivity index (χ3n) is 3.14. The molecular weight excluding hydrogens is 238 g/mol. The highest BCUT2D eigenvalue weighted by Crippen LogP contribution is 2.29. The second kappa shape index (κ2) is 4.63. The van der Waals surface area contributed by atoms with E-state index in [1.165, 1.54) is 0 Å². The third kappa shape index (κ3) is 3.17. The Morgan fingerprint density at radius 2 is 2.00 bits per heavy atom. The molecule has 0 bridgehead atoms. The number of nitrogens with one attached hydrogen (secondary N) is 1. The van der Waals surface area contributed by atoms with Gasteiger partial charge in [0.15, 0.2) is 0 Å². The zero-order valence-corrected chi connectivity index (χ0v) is 11.3. The third-order valence-corrected chi connectivity index (χ3v) is 3.38. The molecule has 0 aromatic carbocycles. The van der Waals surface area contributed by atoms with Crippen LogP contribution in [-0.4, -0.2) is 16.4 Å². The lowest BCUT2D eigenvalue weighted by Crippen LogP contribution is -2.53. The molecule has 0 spiro atoms. The zero-order chi connectivity index (χ0) is 13.3. The van der Waals surface area contributed by atoms with Crippen LogP contribution in [0.25, 0.3) is 0 Å². The quantitative estimate of drug-likeness (QED) is 0.872. The Balaban J connectivity index is 2.87. The molecule has 0 saturated carbocycles. The highest BCUT2D eigenvalue weighted by atomic mass is 35.5. The number of nitrogens with two attached hydrogens (primary N) is 1. The minimum atomic E-state index is -0.711. The number of anilines is 1. The Morgan fingerprint density at radius 1 is 1.41 bits per heavy atom. The van der Waals surface area contributed by atoms with Crippen LogP contribution in [0.3, 0.4) is 0 Å². The zero-order valence-electron chi connectivity index (χ0n) is 10.5. The van der Waals surface area contributed by atoms with Crippen LogP contribution in [-0.2, 0) is 4.79 Å². The lowest BCUT2D eigenvalue weighted by atomic mass is 9.74. The van der Waals surface area contributed by atoms with Crippen molar-refractivity contribution < 1.29 is 4.79 Å². The predicted octanol–water partition coefficient (Wildman–Crippen LogP) is 2.44. The van der Waals surface area contributed by atoms with Gasteiger partial charge in [-0.15, -0.1) is 0 Å². The Bertz CT molecular complexity index is 424. The molecule has 94 valence electrons. The summed E-state index contributed by atoms with van der Waals surface area (Å²) in [5.74, 6) is 0.250. The van der Waals surface area contributed by atoms with Crippen molar-refractivity contribution in [3.05, 3.63) is 23.4 Å². The van der Waals surface area contributed by atoms with Crippen LogP contribution in [0.5, 0.6) is 0 Å². The van der Waals surface area contributed by atoms with Gasteiger partial charge in [-0.3, -0.25) is 4.79 Å². The van der Waals surface area contributed by atoms with Gasteiger partial charge in [0.05, 0.1) is 5.41 Å². The van der Waals surface area contributed by atoms with E-state index in [0.717, 1.165) is 0 Å². The molecule has 5 heteroatoms. The summed E-state index contributed by atoms with van der Waals surface area (Å²) in [5.41, 5.74) is 4.65. The number of halogens is 1. The molecule has 0 aliphatic rings. The Hall–Kier alpha value is -1.13. The van der Waals surface area contributed by atoms with Crippen molar-refractivity contribution in [1.82, 2.24) is 4.98 Å². The fourth-order valence-electron chi connectivity index (χ4n) is 1.04. The van der Waals surface area contributed by atoms with Crippen LogP contribution in [0.2, 0.25) is 5.02 Å². The van der Waals surface area contributed by atoms with Gasteiger partial charge in [-0.05, 0) is 39.8 Å². The van der Waals surface area contributed by atoms with E-state index in [1.54, 1.807) is 32.2 Å². The molecule has 0 saturated heterocycles.